The van der Waals surface area contributed by atoms with Gasteiger partial charge < -0.3 is 34.2 Å². The van der Waals surface area contributed by atoms with Gasteiger partial charge in [-0.3, -0.25) is 0 Å². The molecular weight excluding hydrogens is 534 g/mol. The van der Waals surface area contributed by atoms with Crippen LogP contribution in [0, 0.1) is 11.3 Å². The van der Waals surface area contributed by atoms with E-state index in [1.165, 1.54) is 4.90 Å². The van der Waals surface area contributed by atoms with Crippen molar-refractivity contribution in [2.75, 3.05) is 63.3 Å². The lowest BCUT2D eigenvalue weighted by molar-refractivity contribution is 0.119. The molecule has 2 aromatic carbocycles. The third-order valence-electron chi connectivity index (χ3n) is 8.84. The van der Waals surface area contributed by atoms with Crippen LogP contribution < -0.4 is 19.3 Å². The van der Waals surface area contributed by atoms with Gasteiger partial charge in [-0.1, -0.05) is 24.3 Å². The first-order chi connectivity index (χ1) is 20.4. The molecule has 2 atom stereocenters. The van der Waals surface area contributed by atoms with E-state index in [1.807, 2.05) is 6.07 Å². The number of aromatic nitrogens is 2. The van der Waals surface area contributed by atoms with Crippen LogP contribution in [0.4, 0.5) is 16.3 Å². The van der Waals surface area contributed by atoms with Crippen LogP contribution in [0.2, 0.25) is 0 Å². The minimum absolute atomic E-state index is 0.129. The summed E-state index contributed by atoms with van der Waals surface area (Å²) in [5, 5.41) is 21.4. The fourth-order valence-electron chi connectivity index (χ4n) is 6.50. The first-order valence-corrected chi connectivity index (χ1v) is 14.6. The molecule has 0 radical (unpaired) electrons. The number of carboxylic acid groups (broad SMARTS) is 1. The fraction of sp³-hybridized carbons (Fsp3) is 0.484. The summed E-state index contributed by atoms with van der Waals surface area (Å²) >= 11 is 0. The van der Waals surface area contributed by atoms with E-state index in [0.29, 0.717) is 44.8 Å². The van der Waals surface area contributed by atoms with Gasteiger partial charge in [0.15, 0.2) is 0 Å². The summed E-state index contributed by atoms with van der Waals surface area (Å²) in [7, 11) is 3.81. The lowest BCUT2D eigenvalue weighted by atomic mass is 10.0. The summed E-state index contributed by atoms with van der Waals surface area (Å²) in [6, 6.07) is 14.9. The second-order valence-electron chi connectivity index (χ2n) is 11.3. The number of methoxy groups -OCH3 is 1. The Labute approximate surface area is 245 Å². The van der Waals surface area contributed by atoms with Crippen LogP contribution in [0.1, 0.15) is 30.5 Å². The largest absolute Gasteiger partial charge is 0.497 e. The minimum Gasteiger partial charge on any atom is -0.497 e. The molecule has 11 heteroatoms. The number of rotatable bonds is 7. The average Bonchev–Trinajstić information content (AvgIpc) is 3.43. The molecule has 0 unspecified atom stereocenters. The van der Waals surface area contributed by atoms with E-state index >= 15 is 0 Å². The molecule has 2 fully saturated rings. The number of fused-ring (bicyclic) bond motifs is 2. The standard InChI is InChI=1S/C31H37N7O4/c1-35-12-5-7-23(35)20-42-30-33-27-19-36(28-17-24(41-2)16-21-6-3-4-8-25(21)28)13-10-26(27)29(34-30)37-14-15-38(31(39)40)22(18-37)9-11-32/h3-4,6,8,16-17,22-23H,5,7,9-10,12-15,18-20H2,1-2H3,(H,39,40)/t22-,23-/m0/s1. The number of benzene rings is 2. The van der Waals surface area contributed by atoms with Crippen LogP contribution in [0.5, 0.6) is 11.8 Å². The molecular formula is C31H37N7O4. The van der Waals surface area contributed by atoms with Crippen molar-refractivity contribution in [3.63, 3.8) is 0 Å². The van der Waals surface area contributed by atoms with E-state index in [1.54, 1.807) is 7.11 Å². The smallest absolute Gasteiger partial charge is 0.407 e. The van der Waals surface area contributed by atoms with Gasteiger partial charge in [-0.15, -0.1) is 0 Å². The highest BCUT2D eigenvalue weighted by Gasteiger charge is 2.34. The van der Waals surface area contributed by atoms with E-state index in [9.17, 15) is 15.2 Å². The van der Waals surface area contributed by atoms with Gasteiger partial charge in [-0.2, -0.15) is 15.2 Å². The second-order valence-corrected chi connectivity index (χ2v) is 11.3. The number of likely N-dealkylation sites (N-methyl/N-ethyl adjacent to an activating group) is 1. The van der Waals surface area contributed by atoms with Gasteiger partial charge in [-0.25, -0.2) is 4.79 Å². The third kappa shape index (κ3) is 5.46. The van der Waals surface area contributed by atoms with Crippen molar-refractivity contribution in [2.24, 2.45) is 0 Å². The summed E-state index contributed by atoms with van der Waals surface area (Å²) < 4.78 is 11.9. The summed E-state index contributed by atoms with van der Waals surface area (Å²) in [5.74, 6) is 1.60. The average molecular weight is 572 g/mol. The van der Waals surface area contributed by atoms with Crippen molar-refractivity contribution in [3.8, 4) is 17.8 Å². The number of likely N-dealkylation sites (tertiary alicyclic amines) is 1. The number of carbonyl (C=O) groups is 1. The molecule has 0 spiro atoms. The van der Waals surface area contributed by atoms with Crippen molar-refractivity contribution < 1.29 is 19.4 Å². The molecule has 4 heterocycles. The third-order valence-corrected chi connectivity index (χ3v) is 8.84. The molecule has 0 aliphatic carbocycles. The van der Waals surface area contributed by atoms with Crippen molar-refractivity contribution in [2.45, 2.75) is 44.3 Å². The normalized spacial score (nSPS) is 20.8. The zero-order chi connectivity index (χ0) is 29.2. The Hall–Kier alpha value is -4.30. The highest BCUT2D eigenvalue weighted by atomic mass is 16.5. The Morgan fingerprint density at radius 3 is 2.74 bits per heavy atom. The highest BCUT2D eigenvalue weighted by molar-refractivity contribution is 5.95. The molecule has 2 saturated heterocycles. The summed E-state index contributed by atoms with van der Waals surface area (Å²) in [6.07, 6.45) is 2.09. The first-order valence-electron chi connectivity index (χ1n) is 14.6. The van der Waals surface area contributed by atoms with Gasteiger partial charge in [0.2, 0.25) is 0 Å². The molecule has 42 heavy (non-hydrogen) atoms. The van der Waals surface area contributed by atoms with Crippen molar-refractivity contribution in [1.29, 1.82) is 5.26 Å². The first kappa shape index (κ1) is 27.8. The van der Waals surface area contributed by atoms with Crippen LogP contribution in [0.15, 0.2) is 36.4 Å². The monoisotopic (exact) mass is 571 g/mol. The van der Waals surface area contributed by atoms with E-state index in [4.69, 9.17) is 19.4 Å². The van der Waals surface area contributed by atoms with Crippen LogP contribution in [-0.4, -0.2) is 96.5 Å². The van der Waals surface area contributed by atoms with E-state index in [-0.39, 0.29) is 6.42 Å². The maximum atomic E-state index is 11.9. The van der Waals surface area contributed by atoms with Gasteiger partial charge in [0.1, 0.15) is 18.2 Å². The molecule has 3 aromatic rings. The molecule has 0 saturated carbocycles. The Bertz CT molecular complexity index is 1510. The zero-order valence-electron chi connectivity index (χ0n) is 24.2. The van der Waals surface area contributed by atoms with Crippen molar-refractivity contribution in [3.05, 3.63) is 47.7 Å². The summed E-state index contributed by atoms with van der Waals surface area (Å²) in [4.78, 5) is 29.9. The number of amides is 1. The number of nitrogens with zero attached hydrogens (tertiary/aromatic N) is 7. The Morgan fingerprint density at radius 1 is 1.12 bits per heavy atom. The molecule has 1 N–H and O–H groups in total. The van der Waals surface area contributed by atoms with E-state index in [0.717, 1.165) is 71.6 Å². The topological polar surface area (TPSA) is 118 Å². The lowest BCUT2D eigenvalue weighted by Gasteiger charge is -2.41. The SMILES string of the molecule is COc1cc(N2CCc3c(nc(OC[C@@H]4CCCN4C)nc3N3CCN(C(=O)O)[C@@H](CC#N)C3)C2)c2ccccc2c1. The molecule has 220 valence electrons. The number of hydrogen-bond acceptors (Lipinski definition) is 9. The predicted octanol–water partition coefficient (Wildman–Crippen LogP) is 3.76. The Kier molecular flexibility index (Phi) is 7.89. The van der Waals surface area contributed by atoms with Gasteiger partial charge in [0.05, 0.1) is 37.9 Å². The molecule has 6 rings (SSSR count). The van der Waals surface area contributed by atoms with Gasteiger partial charge in [0.25, 0.3) is 0 Å². The second kappa shape index (κ2) is 11.9. The molecule has 11 nitrogen and oxygen atoms in total. The molecule has 3 aliphatic rings. The highest BCUT2D eigenvalue weighted by Crippen LogP contribution is 2.37. The molecule has 3 aliphatic heterocycles. The summed E-state index contributed by atoms with van der Waals surface area (Å²) in [6.45, 7) is 4.13. The maximum Gasteiger partial charge on any atom is 0.407 e. The van der Waals surface area contributed by atoms with Crippen LogP contribution in [0.3, 0.4) is 0 Å². The van der Waals surface area contributed by atoms with Crippen LogP contribution in [0.25, 0.3) is 10.8 Å². The minimum atomic E-state index is -0.995. The van der Waals surface area contributed by atoms with E-state index in [2.05, 4.69) is 58.1 Å². The molecule has 1 aromatic heterocycles. The Balaban J connectivity index is 1.35. The number of hydrogen-bond donors (Lipinski definition) is 1. The number of ether oxygens (including phenoxy) is 2. The maximum absolute atomic E-state index is 11.9. The van der Waals surface area contributed by atoms with E-state index < -0.39 is 12.1 Å². The van der Waals surface area contributed by atoms with Crippen molar-refractivity contribution in [1.82, 2.24) is 19.8 Å². The predicted molar refractivity (Wildman–Crippen MR) is 159 cm³/mol. The van der Waals surface area contributed by atoms with Crippen LogP contribution >= 0.6 is 0 Å². The van der Waals surface area contributed by atoms with Gasteiger partial charge in [-0.05, 0) is 44.3 Å². The van der Waals surface area contributed by atoms with Crippen molar-refractivity contribution >= 4 is 28.4 Å². The molecule has 0 bridgehead atoms. The molecule has 1 amide bonds. The Morgan fingerprint density at radius 2 is 1.98 bits per heavy atom. The number of piperazine rings is 1. The lowest BCUT2D eigenvalue weighted by Crippen LogP contribution is -2.55. The quantitative estimate of drug-likeness (QED) is 0.449. The van der Waals surface area contributed by atoms with Crippen LogP contribution in [-0.2, 0) is 13.0 Å². The zero-order valence-corrected chi connectivity index (χ0v) is 24.2. The number of anilines is 2. The fourth-order valence-corrected chi connectivity index (χ4v) is 6.50. The summed E-state index contributed by atoms with van der Waals surface area (Å²) in [5.41, 5.74) is 3.06. The number of nitriles is 1. The van der Waals surface area contributed by atoms with Gasteiger partial charge >= 0.3 is 12.1 Å². The van der Waals surface area contributed by atoms with Gasteiger partial charge in [0, 0.05) is 54.9 Å².